The number of hydrogen-bond donors (Lipinski definition) is 1. The molecule has 0 fully saturated rings. The highest BCUT2D eigenvalue weighted by Crippen LogP contribution is 2.24. The summed E-state index contributed by atoms with van der Waals surface area (Å²) in [4.78, 5) is 0. The molecule has 2 aromatic rings. The first-order valence-corrected chi connectivity index (χ1v) is 7.73. The van der Waals surface area contributed by atoms with Crippen LogP contribution < -0.4 is 10.1 Å². The molecule has 1 atom stereocenters. The van der Waals surface area contributed by atoms with Gasteiger partial charge in [0, 0.05) is 17.8 Å². The van der Waals surface area contributed by atoms with Gasteiger partial charge in [0.05, 0.1) is 0 Å². The fourth-order valence-corrected chi connectivity index (χ4v) is 2.21. The lowest BCUT2D eigenvalue weighted by Crippen LogP contribution is -2.15. The molecule has 2 nitrogen and oxygen atoms in total. The van der Waals surface area contributed by atoms with E-state index in [1.165, 1.54) is 12.8 Å². The van der Waals surface area contributed by atoms with Crippen molar-refractivity contribution >= 4 is 5.69 Å². The molecule has 0 saturated heterocycles. The van der Waals surface area contributed by atoms with Gasteiger partial charge in [-0.15, -0.1) is 0 Å². The van der Waals surface area contributed by atoms with Crippen LogP contribution in [0.2, 0.25) is 0 Å². The number of benzene rings is 2. The average molecular weight is 283 g/mol. The minimum absolute atomic E-state index is 0.472. The summed E-state index contributed by atoms with van der Waals surface area (Å²) in [6, 6.07) is 18.5. The van der Waals surface area contributed by atoms with Crippen LogP contribution in [0.1, 0.15) is 33.6 Å². The Morgan fingerprint density at radius 3 is 2.29 bits per heavy atom. The van der Waals surface area contributed by atoms with Crippen LogP contribution in [-0.2, 0) is 0 Å². The van der Waals surface area contributed by atoms with Gasteiger partial charge in [-0.1, -0.05) is 38.1 Å². The maximum atomic E-state index is 5.86. The van der Waals surface area contributed by atoms with E-state index in [2.05, 4.69) is 38.2 Å². The van der Waals surface area contributed by atoms with E-state index in [1.807, 2.05) is 42.5 Å². The molecule has 2 heteroatoms. The largest absolute Gasteiger partial charge is 0.457 e. The molecule has 1 N–H and O–H groups in total. The second-order valence-corrected chi connectivity index (χ2v) is 5.96. The summed E-state index contributed by atoms with van der Waals surface area (Å²) in [6.07, 6.45) is 2.43. The van der Waals surface area contributed by atoms with Crippen LogP contribution in [0.5, 0.6) is 11.5 Å². The van der Waals surface area contributed by atoms with Crippen LogP contribution in [0.25, 0.3) is 0 Å². The van der Waals surface area contributed by atoms with Crippen LogP contribution in [0.15, 0.2) is 54.6 Å². The molecule has 2 rings (SSSR count). The van der Waals surface area contributed by atoms with Crippen molar-refractivity contribution in [3.8, 4) is 11.5 Å². The fourth-order valence-electron chi connectivity index (χ4n) is 2.21. The summed E-state index contributed by atoms with van der Waals surface area (Å²) in [5, 5.41) is 3.54. The van der Waals surface area contributed by atoms with E-state index in [0.717, 1.165) is 23.1 Å². The molecular weight excluding hydrogens is 258 g/mol. The zero-order chi connectivity index (χ0) is 15.1. The van der Waals surface area contributed by atoms with E-state index in [1.54, 1.807) is 0 Å². The van der Waals surface area contributed by atoms with Gasteiger partial charge in [-0.05, 0) is 49.9 Å². The summed E-state index contributed by atoms with van der Waals surface area (Å²) < 4.78 is 5.86. The molecule has 0 radical (unpaired) electrons. The highest BCUT2D eigenvalue weighted by molar-refractivity contribution is 5.49. The van der Waals surface area contributed by atoms with E-state index >= 15 is 0 Å². The molecule has 0 heterocycles. The standard InChI is InChI=1S/C19H25NO/c1-15(2)12-13-16(3)20-17-8-7-11-19(14-17)21-18-9-5-4-6-10-18/h4-11,14-16,20H,12-13H2,1-3H3. The van der Waals surface area contributed by atoms with Crippen LogP contribution in [-0.4, -0.2) is 6.04 Å². The SMILES string of the molecule is CC(C)CCC(C)Nc1cccc(Oc2ccccc2)c1. The van der Waals surface area contributed by atoms with Crippen molar-refractivity contribution in [2.45, 2.75) is 39.7 Å². The molecule has 21 heavy (non-hydrogen) atoms. The molecular formula is C19H25NO. The summed E-state index contributed by atoms with van der Waals surface area (Å²) in [7, 11) is 0. The van der Waals surface area contributed by atoms with Crippen LogP contribution in [0.3, 0.4) is 0 Å². The van der Waals surface area contributed by atoms with Gasteiger partial charge in [0.25, 0.3) is 0 Å². The van der Waals surface area contributed by atoms with Crippen molar-refractivity contribution in [3.05, 3.63) is 54.6 Å². The first-order chi connectivity index (χ1) is 10.1. The van der Waals surface area contributed by atoms with Gasteiger partial charge in [0.2, 0.25) is 0 Å². The first-order valence-electron chi connectivity index (χ1n) is 7.73. The lowest BCUT2D eigenvalue weighted by molar-refractivity contribution is 0.482. The monoisotopic (exact) mass is 283 g/mol. The van der Waals surface area contributed by atoms with Crippen molar-refractivity contribution in [2.75, 3.05) is 5.32 Å². The average Bonchev–Trinajstić information content (AvgIpc) is 2.46. The molecule has 0 aliphatic carbocycles. The third-order valence-corrected chi connectivity index (χ3v) is 3.40. The van der Waals surface area contributed by atoms with E-state index in [-0.39, 0.29) is 0 Å². The molecule has 2 aromatic carbocycles. The molecule has 0 amide bonds. The van der Waals surface area contributed by atoms with Gasteiger partial charge in [0.15, 0.2) is 0 Å². The molecule has 112 valence electrons. The summed E-state index contributed by atoms with van der Waals surface area (Å²) in [6.45, 7) is 6.76. The van der Waals surface area contributed by atoms with E-state index in [4.69, 9.17) is 4.74 Å². The normalized spacial score (nSPS) is 12.2. The van der Waals surface area contributed by atoms with Crippen molar-refractivity contribution < 1.29 is 4.74 Å². The Hall–Kier alpha value is -1.96. The van der Waals surface area contributed by atoms with E-state index in [0.29, 0.717) is 6.04 Å². The first kappa shape index (κ1) is 15.4. The molecule has 0 aliphatic rings. The van der Waals surface area contributed by atoms with Gasteiger partial charge < -0.3 is 10.1 Å². The Bertz CT molecular complexity index is 536. The highest BCUT2D eigenvalue weighted by Gasteiger charge is 2.05. The highest BCUT2D eigenvalue weighted by atomic mass is 16.5. The quantitative estimate of drug-likeness (QED) is 0.702. The van der Waals surface area contributed by atoms with Gasteiger partial charge in [0.1, 0.15) is 11.5 Å². The maximum absolute atomic E-state index is 5.86. The number of hydrogen-bond acceptors (Lipinski definition) is 2. The zero-order valence-corrected chi connectivity index (χ0v) is 13.2. The third kappa shape index (κ3) is 5.50. The maximum Gasteiger partial charge on any atom is 0.129 e. The van der Waals surface area contributed by atoms with Crippen molar-refractivity contribution in [1.82, 2.24) is 0 Å². The number of anilines is 1. The molecule has 0 aliphatic heterocycles. The van der Waals surface area contributed by atoms with Crippen LogP contribution >= 0.6 is 0 Å². The summed E-state index contributed by atoms with van der Waals surface area (Å²) in [5.74, 6) is 2.48. The topological polar surface area (TPSA) is 21.3 Å². The Balaban J connectivity index is 1.94. The number of rotatable bonds is 7. The van der Waals surface area contributed by atoms with Gasteiger partial charge in [-0.3, -0.25) is 0 Å². The van der Waals surface area contributed by atoms with E-state index in [9.17, 15) is 0 Å². The molecule has 0 saturated carbocycles. The van der Waals surface area contributed by atoms with Gasteiger partial charge in [-0.25, -0.2) is 0 Å². The Labute approximate surface area is 128 Å². The predicted molar refractivity (Wildman–Crippen MR) is 90.1 cm³/mol. The Kier molecular flexibility index (Phi) is 5.68. The fraction of sp³-hybridized carbons (Fsp3) is 0.368. The minimum atomic E-state index is 0.472. The minimum Gasteiger partial charge on any atom is -0.457 e. The lowest BCUT2D eigenvalue weighted by Gasteiger charge is -2.17. The van der Waals surface area contributed by atoms with Crippen molar-refractivity contribution in [1.29, 1.82) is 0 Å². The summed E-state index contributed by atoms with van der Waals surface area (Å²) in [5.41, 5.74) is 1.11. The number of ether oxygens (including phenoxy) is 1. The number of para-hydroxylation sites is 1. The van der Waals surface area contributed by atoms with Gasteiger partial charge >= 0.3 is 0 Å². The molecule has 0 aromatic heterocycles. The lowest BCUT2D eigenvalue weighted by atomic mass is 10.0. The second-order valence-electron chi connectivity index (χ2n) is 5.96. The van der Waals surface area contributed by atoms with Crippen LogP contribution in [0.4, 0.5) is 5.69 Å². The smallest absolute Gasteiger partial charge is 0.129 e. The summed E-state index contributed by atoms with van der Waals surface area (Å²) >= 11 is 0. The predicted octanol–water partition coefficient (Wildman–Crippen LogP) is 5.72. The zero-order valence-electron chi connectivity index (χ0n) is 13.2. The Morgan fingerprint density at radius 2 is 1.57 bits per heavy atom. The molecule has 0 bridgehead atoms. The van der Waals surface area contributed by atoms with Crippen LogP contribution in [0, 0.1) is 5.92 Å². The van der Waals surface area contributed by atoms with Gasteiger partial charge in [-0.2, -0.15) is 0 Å². The van der Waals surface area contributed by atoms with Crippen molar-refractivity contribution in [3.63, 3.8) is 0 Å². The second kappa shape index (κ2) is 7.72. The number of nitrogens with one attached hydrogen (secondary N) is 1. The molecule has 0 spiro atoms. The third-order valence-electron chi connectivity index (χ3n) is 3.40. The Morgan fingerprint density at radius 1 is 0.857 bits per heavy atom. The molecule has 1 unspecified atom stereocenters. The van der Waals surface area contributed by atoms with E-state index < -0.39 is 0 Å². The van der Waals surface area contributed by atoms with Crippen molar-refractivity contribution in [2.24, 2.45) is 5.92 Å².